The number of hydrogen-bond donors (Lipinski definition) is 1. The van der Waals surface area contributed by atoms with E-state index in [1.807, 2.05) is 24.3 Å². The third-order valence-electron chi connectivity index (χ3n) is 2.87. The molecule has 0 unspecified atom stereocenters. The second-order valence-electron chi connectivity index (χ2n) is 4.44. The number of esters is 1. The molecule has 5 heteroatoms. The molecule has 0 atom stereocenters. The lowest BCUT2D eigenvalue weighted by Crippen LogP contribution is -2.08. The third-order valence-corrected chi connectivity index (χ3v) is 3.40. The van der Waals surface area contributed by atoms with Crippen molar-refractivity contribution in [3.63, 3.8) is 0 Å². The molecular formula is C17H14BrNO3. The van der Waals surface area contributed by atoms with Crippen molar-refractivity contribution in [2.75, 3.05) is 12.4 Å². The molecule has 0 fully saturated rings. The summed E-state index contributed by atoms with van der Waals surface area (Å²) in [6, 6.07) is 14.1. The van der Waals surface area contributed by atoms with Crippen molar-refractivity contribution >= 4 is 39.6 Å². The van der Waals surface area contributed by atoms with Crippen molar-refractivity contribution in [3.05, 3.63) is 70.2 Å². The molecule has 0 spiro atoms. The Balaban J connectivity index is 1.97. The number of anilines is 1. The van der Waals surface area contributed by atoms with Gasteiger partial charge in [0.1, 0.15) is 0 Å². The SMILES string of the molecule is COC(=O)c1ccc(NC(=O)C=Cc2ccc(Br)cc2)cc1. The van der Waals surface area contributed by atoms with Crippen LogP contribution in [0.1, 0.15) is 15.9 Å². The summed E-state index contributed by atoms with van der Waals surface area (Å²) in [4.78, 5) is 23.1. The van der Waals surface area contributed by atoms with Gasteiger partial charge in [0.2, 0.25) is 5.91 Å². The van der Waals surface area contributed by atoms with Crippen molar-refractivity contribution in [2.45, 2.75) is 0 Å². The van der Waals surface area contributed by atoms with Crippen LogP contribution >= 0.6 is 15.9 Å². The Labute approximate surface area is 136 Å². The van der Waals surface area contributed by atoms with Crippen LogP contribution in [0.3, 0.4) is 0 Å². The lowest BCUT2D eigenvalue weighted by molar-refractivity contribution is -0.111. The molecule has 2 aromatic carbocycles. The van der Waals surface area contributed by atoms with Crippen LogP contribution in [-0.4, -0.2) is 19.0 Å². The summed E-state index contributed by atoms with van der Waals surface area (Å²) >= 11 is 3.35. The Morgan fingerprint density at radius 3 is 2.27 bits per heavy atom. The monoisotopic (exact) mass is 359 g/mol. The average Bonchev–Trinajstić information content (AvgIpc) is 2.54. The molecule has 1 N–H and O–H groups in total. The predicted molar refractivity (Wildman–Crippen MR) is 89.6 cm³/mol. The molecule has 1 amide bonds. The van der Waals surface area contributed by atoms with Gasteiger partial charge in [0.05, 0.1) is 12.7 Å². The number of benzene rings is 2. The van der Waals surface area contributed by atoms with Gasteiger partial charge in [0.25, 0.3) is 0 Å². The highest BCUT2D eigenvalue weighted by Crippen LogP contribution is 2.13. The molecule has 4 nitrogen and oxygen atoms in total. The molecule has 0 aliphatic carbocycles. The van der Waals surface area contributed by atoms with E-state index in [-0.39, 0.29) is 5.91 Å². The summed E-state index contributed by atoms with van der Waals surface area (Å²) in [6.07, 6.45) is 3.18. The number of halogens is 1. The zero-order valence-electron chi connectivity index (χ0n) is 11.9. The number of rotatable bonds is 4. The van der Waals surface area contributed by atoms with E-state index in [0.717, 1.165) is 10.0 Å². The summed E-state index contributed by atoms with van der Waals surface area (Å²) in [7, 11) is 1.32. The second kappa shape index (κ2) is 7.56. The second-order valence-corrected chi connectivity index (χ2v) is 5.36. The zero-order chi connectivity index (χ0) is 15.9. The smallest absolute Gasteiger partial charge is 0.337 e. The Morgan fingerprint density at radius 1 is 1.05 bits per heavy atom. The van der Waals surface area contributed by atoms with Gasteiger partial charge >= 0.3 is 5.97 Å². The molecule has 2 aromatic rings. The third kappa shape index (κ3) is 4.56. The van der Waals surface area contributed by atoms with Gasteiger partial charge in [-0.25, -0.2) is 4.79 Å². The minimum Gasteiger partial charge on any atom is -0.465 e. The van der Waals surface area contributed by atoms with Gasteiger partial charge in [-0.3, -0.25) is 4.79 Å². The van der Waals surface area contributed by atoms with Crippen molar-refractivity contribution in [1.82, 2.24) is 0 Å². The van der Waals surface area contributed by atoms with Crippen LogP contribution in [0, 0.1) is 0 Å². The van der Waals surface area contributed by atoms with Crippen molar-refractivity contribution in [2.24, 2.45) is 0 Å². The van der Waals surface area contributed by atoms with Crippen molar-refractivity contribution in [1.29, 1.82) is 0 Å². The molecule has 0 saturated carbocycles. The summed E-state index contributed by atoms with van der Waals surface area (Å²) in [5, 5.41) is 2.72. The first-order chi connectivity index (χ1) is 10.6. The van der Waals surface area contributed by atoms with Crippen LogP contribution < -0.4 is 5.32 Å². The Hall–Kier alpha value is -2.40. The topological polar surface area (TPSA) is 55.4 Å². The Morgan fingerprint density at radius 2 is 1.68 bits per heavy atom. The minimum atomic E-state index is -0.409. The molecule has 0 saturated heterocycles. The zero-order valence-corrected chi connectivity index (χ0v) is 13.5. The molecular weight excluding hydrogens is 346 g/mol. The number of nitrogens with one attached hydrogen (secondary N) is 1. The van der Waals surface area contributed by atoms with Crippen LogP contribution in [-0.2, 0) is 9.53 Å². The number of carbonyl (C=O) groups excluding carboxylic acids is 2. The fourth-order valence-electron chi connectivity index (χ4n) is 1.74. The van der Waals surface area contributed by atoms with Crippen LogP contribution in [0.15, 0.2) is 59.1 Å². The van der Waals surface area contributed by atoms with E-state index in [1.165, 1.54) is 13.2 Å². The van der Waals surface area contributed by atoms with E-state index in [1.54, 1.807) is 30.3 Å². The van der Waals surface area contributed by atoms with E-state index in [9.17, 15) is 9.59 Å². The molecule has 112 valence electrons. The van der Waals surface area contributed by atoms with Gasteiger partial charge in [0, 0.05) is 16.2 Å². The summed E-state index contributed by atoms with van der Waals surface area (Å²) in [5.74, 6) is -0.651. The maximum Gasteiger partial charge on any atom is 0.337 e. The average molecular weight is 360 g/mol. The maximum absolute atomic E-state index is 11.8. The van der Waals surface area contributed by atoms with Crippen LogP contribution in [0.25, 0.3) is 6.08 Å². The van der Waals surface area contributed by atoms with Crippen LogP contribution in [0.5, 0.6) is 0 Å². The van der Waals surface area contributed by atoms with Gasteiger partial charge in [0.15, 0.2) is 0 Å². The van der Waals surface area contributed by atoms with Gasteiger partial charge < -0.3 is 10.1 Å². The lowest BCUT2D eigenvalue weighted by Gasteiger charge is -2.03. The first kappa shape index (κ1) is 16.0. The lowest BCUT2D eigenvalue weighted by atomic mass is 10.2. The highest BCUT2D eigenvalue weighted by atomic mass is 79.9. The predicted octanol–water partition coefficient (Wildman–Crippen LogP) is 3.89. The van der Waals surface area contributed by atoms with E-state index in [2.05, 4.69) is 26.0 Å². The highest BCUT2D eigenvalue weighted by molar-refractivity contribution is 9.10. The standard InChI is InChI=1S/C17H14BrNO3/c1-22-17(21)13-5-9-15(10-6-13)19-16(20)11-4-12-2-7-14(18)8-3-12/h2-11H,1H3,(H,19,20). The van der Waals surface area contributed by atoms with E-state index in [4.69, 9.17) is 0 Å². The van der Waals surface area contributed by atoms with Gasteiger partial charge in [-0.2, -0.15) is 0 Å². The molecule has 0 bridgehead atoms. The largest absolute Gasteiger partial charge is 0.465 e. The molecule has 0 heterocycles. The van der Waals surface area contributed by atoms with Crippen LogP contribution in [0.2, 0.25) is 0 Å². The molecule has 0 aliphatic rings. The van der Waals surface area contributed by atoms with Gasteiger partial charge in [-0.05, 0) is 48.0 Å². The Kier molecular flexibility index (Phi) is 5.49. The van der Waals surface area contributed by atoms with Gasteiger partial charge in [-0.15, -0.1) is 0 Å². The van der Waals surface area contributed by atoms with E-state index < -0.39 is 5.97 Å². The normalized spacial score (nSPS) is 10.5. The maximum atomic E-state index is 11.8. The van der Waals surface area contributed by atoms with E-state index in [0.29, 0.717) is 11.3 Å². The first-order valence-corrected chi connectivity index (χ1v) is 7.31. The molecule has 0 aromatic heterocycles. The molecule has 0 radical (unpaired) electrons. The molecule has 0 aliphatic heterocycles. The number of amides is 1. The minimum absolute atomic E-state index is 0.242. The number of ether oxygens (including phenoxy) is 1. The van der Waals surface area contributed by atoms with Crippen LogP contribution in [0.4, 0.5) is 5.69 Å². The first-order valence-electron chi connectivity index (χ1n) is 6.51. The van der Waals surface area contributed by atoms with E-state index >= 15 is 0 Å². The van der Waals surface area contributed by atoms with Crippen molar-refractivity contribution < 1.29 is 14.3 Å². The highest BCUT2D eigenvalue weighted by Gasteiger charge is 2.05. The Bertz CT molecular complexity index is 691. The fourth-order valence-corrected chi connectivity index (χ4v) is 2.00. The van der Waals surface area contributed by atoms with Gasteiger partial charge in [-0.1, -0.05) is 28.1 Å². The summed E-state index contributed by atoms with van der Waals surface area (Å²) in [5.41, 5.74) is 1.98. The fraction of sp³-hybridized carbons (Fsp3) is 0.0588. The number of hydrogen-bond acceptors (Lipinski definition) is 3. The number of carbonyl (C=O) groups is 2. The summed E-state index contributed by atoms with van der Waals surface area (Å²) < 4.78 is 5.60. The molecule has 2 rings (SSSR count). The number of methoxy groups -OCH3 is 1. The van der Waals surface area contributed by atoms with Crippen molar-refractivity contribution in [3.8, 4) is 0 Å². The summed E-state index contributed by atoms with van der Waals surface area (Å²) in [6.45, 7) is 0. The molecule has 22 heavy (non-hydrogen) atoms. The quantitative estimate of drug-likeness (QED) is 0.665.